The second-order valence-corrected chi connectivity index (χ2v) is 6.08. The SMILES string of the molecule is Cc1cc(C)c(-c2c(O)c3c([nH]c2=O)CCCC3=O)c(C)c1. The average Bonchev–Trinajstić information content (AvgIpc) is 2.41. The normalized spacial score (nSPS) is 14.0. The molecule has 0 saturated carbocycles. The van der Waals surface area contributed by atoms with E-state index in [0.717, 1.165) is 16.7 Å². The van der Waals surface area contributed by atoms with Gasteiger partial charge in [-0.1, -0.05) is 17.7 Å². The molecule has 4 nitrogen and oxygen atoms in total. The average molecular weight is 297 g/mol. The lowest BCUT2D eigenvalue weighted by Crippen LogP contribution is -2.21. The molecule has 0 spiro atoms. The summed E-state index contributed by atoms with van der Waals surface area (Å²) < 4.78 is 0. The number of rotatable bonds is 1. The quantitative estimate of drug-likeness (QED) is 0.849. The van der Waals surface area contributed by atoms with Crippen LogP contribution in [0.3, 0.4) is 0 Å². The Kier molecular flexibility index (Phi) is 3.39. The third kappa shape index (κ3) is 2.15. The highest BCUT2D eigenvalue weighted by Gasteiger charge is 2.27. The number of fused-ring (bicyclic) bond motifs is 1. The first-order valence-electron chi connectivity index (χ1n) is 7.49. The summed E-state index contributed by atoms with van der Waals surface area (Å²) >= 11 is 0. The van der Waals surface area contributed by atoms with E-state index in [-0.39, 0.29) is 22.7 Å². The Balaban J connectivity index is 2.36. The summed E-state index contributed by atoms with van der Waals surface area (Å²) in [5.74, 6) is -0.267. The fraction of sp³-hybridized carbons (Fsp3) is 0.333. The number of aromatic nitrogens is 1. The molecule has 2 aromatic rings. The molecule has 1 aliphatic carbocycles. The summed E-state index contributed by atoms with van der Waals surface area (Å²) in [5, 5.41) is 10.6. The highest BCUT2D eigenvalue weighted by atomic mass is 16.3. The summed E-state index contributed by atoms with van der Waals surface area (Å²) in [4.78, 5) is 27.4. The molecule has 1 heterocycles. The molecule has 1 aromatic heterocycles. The van der Waals surface area contributed by atoms with Gasteiger partial charge < -0.3 is 10.1 Å². The van der Waals surface area contributed by atoms with Crippen LogP contribution in [0.2, 0.25) is 0 Å². The Morgan fingerprint density at radius 3 is 2.23 bits per heavy atom. The van der Waals surface area contributed by atoms with E-state index in [4.69, 9.17) is 0 Å². The molecule has 0 saturated heterocycles. The highest BCUT2D eigenvalue weighted by Crippen LogP contribution is 2.37. The molecule has 0 bridgehead atoms. The zero-order valence-corrected chi connectivity index (χ0v) is 13.0. The number of carbonyl (C=O) groups is 1. The smallest absolute Gasteiger partial charge is 0.259 e. The topological polar surface area (TPSA) is 70.2 Å². The number of aromatic amines is 1. The molecule has 3 rings (SSSR count). The predicted molar refractivity (Wildman–Crippen MR) is 85.6 cm³/mol. The molecule has 1 aliphatic rings. The van der Waals surface area contributed by atoms with E-state index < -0.39 is 0 Å². The van der Waals surface area contributed by atoms with Crippen LogP contribution in [0.4, 0.5) is 0 Å². The van der Waals surface area contributed by atoms with Crippen molar-refractivity contribution in [1.82, 2.24) is 4.98 Å². The molecule has 4 heteroatoms. The number of hydrogen-bond donors (Lipinski definition) is 2. The zero-order valence-electron chi connectivity index (χ0n) is 13.0. The van der Waals surface area contributed by atoms with E-state index in [2.05, 4.69) is 4.98 Å². The van der Waals surface area contributed by atoms with E-state index in [1.54, 1.807) is 0 Å². The Morgan fingerprint density at radius 1 is 0.955 bits per heavy atom. The fourth-order valence-electron chi connectivity index (χ4n) is 3.48. The molecular weight excluding hydrogens is 278 g/mol. The van der Waals surface area contributed by atoms with Gasteiger partial charge in [-0.2, -0.15) is 0 Å². The van der Waals surface area contributed by atoms with E-state index in [9.17, 15) is 14.7 Å². The van der Waals surface area contributed by atoms with Crippen LogP contribution in [0.1, 0.15) is 45.6 Å². The highest BCUT2D eigenvalue weighted by molar-refractivity contribution is 6.02. The van der Waals surface area contributed by atoms with Gasteiger partial charge in [0, 0.05) is 12.1 Å². The Morgan fingerprint density at radius 2 is 1.59 bits per heavy atom. The van der Waals surface area contributed by atoms with E-state index in [1.165, 1.54) is 0 Å². The van der Waals surface area contributed by atoms with E-state index in [0.29, 0.717) is 36.1 Å². The lowest BCUT2D eigenvalue weighted by molar-refractivity contribution is 0.0968. The van der Waals surface area contributed by atoms with Gasteiger partial charge in [0.05, 0.1) is 11.1 Å². The number of pyridine rings is 1. The number of nitrogens with one attached hydrogen (secondary N) is 1. The van der Waals surface area contributed by atoms with Crippen LogP contribution >= 0.6 is 0 Å². The number of aryl methyl sites for hydroxylation is 4. The molecule has 0 aliphatic heterocycles. The van der Waals surface area contributed by atoms with Crippen molar-refractivity contribution in [3.05, 3.63) is 50.4 Å². The second-order valence-electron chi connectivity index (χ2n) is 6.08. The van der Waals surface area contributed by atoms with Gasteiger partial charge >= 0.3 is 0 Å². The van der Waals surface area contributed by atoms with E-state index >= 15 is 0 Å². The van der Waals surface area contributed by atoms with Crippen molar-refractivity contribution in [3.8, 4) is 16.9 Å². The lowest BCUT2D eigenvalue weighted by Gasteiger charge is -2.19. The van der Waals surface area contributed by atoms with E-state index in [1.807, 2.05) is 32.9 Å². The summed E-state index contributed by atoms with van der Waals surface area (Å²) in [6.45, 7) is 5.81. The molecule has 22 heavy (non-hydrogen) atoms. The molecule has 0 radical (unpaired) electrons. The monoisotopic (exact) mass is 297 g/mol. The summed E-state index contributed by atoms with van der Waals surface area (Å²) in [6.07, 6.45) is 1.75. The third-order valence-electron chi connectivity index (χ3n) is 4.30. The number of hydrogen-bond acceptors (Lipinski definition) is 3. The van der Waals surface area contributed by atoms with Gasteiger partial charge in [0.1, 0.15) is 5.75 Å². The Hall–Kier alpha value is -2.36. The van der Waals surface area contributed by atoms with Crippen LogP contribution in [0.15, 0.2) is 16.9 Å². The molecule has 0 fully saturated rings. The molecule has 1 aromatic carbocycles. The van der Waals surface area contributed by atoms with Gasteiger partial charge in [-0.25, -0.2) is 0 Å². The van der Waals surface area contributed by atoms with Crippen molar-refractivity contribution in [1.29, 1.82) is 0 Å². The van der Waals surface area contributed by atoms with Crippen LogP contribution in [0.5, 0.6) is 5.75 Å². The van der Waals surface area contributed by atoms with Gasteiger partial charge in [0.15, 0.2) is 5.78 Å². The Labute approximate surface area is 128 Å². The first-order valence-corrected chi connectivity index (χ1v) is 7.49. The second kappa shape index (κ2) is 5.13. The van der Waals surface area contributed by atoms with Crippen LogP contribution in [-0.4, -0.2) is 15.9 Å². The van der Waals surface area contributed by atoms with Crippen LogP contribution in [0, 0.1) is 20.8 Å². The number of aromatic hydroxyl groups is 1. The van der Waals surface area contributed by atoms with Crippen molar-refractivity contribution >= 4 is 5.78 Å². The third-order valence-corrected chi connectivity index (χ3v) is 4.30. The minimum absolute atomic E-state index is 0.0985. The number of H-pyrrole nitrogens is 1. The maximum atomic E-state index is 12.5. The van der Waals surface area contributed by atoms with Gasteiger partial charge in [-0.15, -0.1) is 0 Å². The van der Waals surface area contributed by atoms with Gasteiger partial charge in [-0.05, 0) is 50.3 Å². The van der Waals surface area contributed by atoms with Crippen LogP contribution in [0.25, 0.3) is 11.1 Å². The van der Waals surface area contributed by atoms with Crippen molar-refractivity contribution in [2.24, 2.45) is 0 Å². The standard InChI is InChI=1S/C18H19NO3/c1-9-7-10(2)14(11(3)8-9)16-17(21)15-12(19-18(16)22)5-4-6-13(15)20/h7-8H,4-6H2,1-3H3,(H2,19,21,22). The van der Waals surface area contributed by atoms with Crippen molar-refractivity contribution in [2.45, 2.75) is 40.0 Å². The first-order chi connectivity index (χ1) is 10.4. The van der Waals surface area contributed by atoms with Crippen molar-refractivity contribution < 1.29 is 9.90 Å². The maximum Gasteiger partial charge on any atom is 0.259 e. The molecule has 0 amide bonds. The molecule has 2 N–H and O–H groups in total. The molecule has 0 unspecified atom stereocenters. The number of benzene rings is 1. The minimum Gasteiger partial charge on any atom is -0.506 e. The number of carbonyl (C=O) groups excluding carboxylic acids is 1. The number of ketones is 1. The van der Waals surface area contributed by atoms with Crippen LogP contribution in [-0.2, 0) is 6.42 Å². The number of Topliss-reactive ketones (excluding diaryl/α,β-unsaturated/α-hetero) is 1. The molecule has 114 valence electrons. The van der Waals surface area contributed by atoms with Gasteiger partial charge in [0.2, 0.25) is 0 Å². The van der Waals surface area contributed by atoms with Crippen molar-refractivity contribution in [3.63, 3.8) is 0 Å². The van der Waals surface area contributed by atoms with Gasteiger partial charge in [-0.3, -0.25) is 9.59 Å². The molecule has 0 atom stereocenters. The van der Waals surface area contributed by atoms with Crippen LogP contribution < -0.4 is 5.56 Å². The Bertz CT molecular complexity index is 823. The zero-order chi connectivity index (χ0) is 16.0. The largest absolute Gasteiger partial charge is 0.506 e. The minimum atomic E-state index is -0.332. The fourth-order valence-corrected chi connectivity index (χ4v) is 3.48. The first kappa shape index (κ1) is 14.6. The lowest BCUT2D eigenvalue weighted by atomic mass is 9.88. The summed E-state index contributed by atoms with van der Waals surface area (Å²) in [7, 11) is 0. The summed E-state index contributed by atoms with van der Waals surface area (Å²) in [5.41, 5.74) is 4.38. The maximum absolute atomic E-state index is 12.5. The van der Waals surface area contributed by atoms with Gasteiger partial charge in [0.25, 0.3) is 5.56 Å². The molecular formula is C18H19NO3. The summed E-state index contributed by atoms with van der Waals surface area (Å²) in [6, 6.07) is 3.95. The predicted octanol–water partition coefficient (Wildman–Crippen LogP) is 3.19. The van der Waals surface area contributed by atoms with Crippen molar-refractivity contribution in [2.75, 3.05) is 0 Å².